The first-order valence-electron chi connectivity index (χ1n) is 9.38. The van der Waals surface area contributed by atoms with Gasteiger partial charge in [-0.1, -0.05) is 25.1 Å². The summed E-state index contributed by atoms with van der Waals surface area (Å²) in [5, 5.41) is 3.50. The number of nitrogens with one attached hydrogen (secondary N) is 1. The fourth-order valence-electron chi connectivity index (χ4n) is 3.42. The molecule has 27 heavy (non-hydrogen) atoms. The quantitative estimate of drug-likeness (QED) is 0.704. The van der Waals surface area contributed by atoms with E-state index < -0.39 is 5.91 Å². The Bertz CT molecular complexity index is 844. The zero-order chi connectivity index (χ0) is 19.4. The molecule has 1 heterocycles. The minimum atomic E-state index is -0.458. The highest BCUT2D eigenvalue weighted by atomic mass is 32.1. The van der Waals surface area contributed by atoms with E-state index >= 15 is 0 Å². The van der Waals surface area contributed by atoms with Gasteiger partial charge in [0.15, 0.2) is 0 Å². The predicted molar refractivity (Wildman–Crippen MR) is 109 cm³/mol. The second-order valence-corrected chi connectivity index (χ2v) is 8.29. The van der Waals surface area contributed by atoms with Crippen LogP contribution in [0.1, 0.15) is 52.5 Å². The van der Waals surface area contributed by atoms with Crippen LogP contribution in [0.15, 0.2) is 24.3 Å². The van der Waals surface area contributed by atoms with Crippen LogP contribution in [0.3, 0.4) is 0 Å². The number of nitrogens with two attached hydrogens (primary N) is 1. The first-order chi connectivity index (χ1) is 13.0. The molecular formula is C21H26N2O3S. The number of hydrogen-bond donors (Lipinski definition) is 2. The number of benzene rings is 1. The van der Waals surface area contributed by atoms with Crippen LogP contribution in [0.25, 0.3) is 0 Å². The zero-order valence-electron chi connectivity index (χ0n) is 15.8. The number of carbonyl (C=O) groups excluding carboxylic acids is 2. The maximum absolute atomic E-state index is 12.3. The maximum Gasteiger partial charge on any atom is 0.251 e. The second kappa shape index (κ2) is 8.57. The molecule has 0 unspecified atom stereocenters. The Morgan fingerprint density at radius 3 is 2.85 bits per heavy atom. The van der Waals surface area contributed by atoms with E-state index in [4.69, 9.17) is 10.5 Å². The van der Waals surface area contributed by atoms with Crippen LogP contribution in [0.4, 0.5) is 5.00 Å². The molecule has 0 bridgehead atoms. The van der Waals surface area contributed by atoms with Gasteiger partial charge in [-0.05, 0) is 55.7 Å². The van der Waals surface area contributed by atoms with Crippen LogP contribution < -0.4 is 15.8 Å². The van der Waals surface area contributed by atoms with Crippen LogP contribution in [0, 0.1) is 12.8 Å². The summed E-state index contributed by atoms with van der Waals surface area (Å²) in [6, 6.07) is 7.81. The maximum atomic E-state index is 12.3. The average molecular weight is 387 g/mol. The minimum absolute atomic E-state index is 0.113. The molecule has 1 aromatic heterocycles. The van der Waals surface area contributed by atoms with Crippen molar-refractivity contribution in [3.8, 4) is 5.75 Å². The van der Waals surface area contributed by atoms with Crippen molar-refractivity contribution < 1.29 is 14.3 Å². The van der Waals surface area contributed by atoms with Gasteiger partial charge in [0, 0.05) is 11.3 Å². The summed E-state index contributed by atoms with van der Waals surface area (Å²) < 4.78 is 5.73. The normalized spacial score (nSPS) is 15.9. The van der Waals surface area contributed by atoms with Crippen molar-refractivity contribution in [2.75, 3.05) is 11.9 Å². The van der Waals surface area contributed by atoms with E-state index in [1.165, 1.54) is 16.2 Å². The number of para-hydroxylation sites is 1. The van der Waals surface area contributed by atoms with Gasteiger partial charge in [-0.2, -0.15) is 0 Å². The molecule has 6 heteroatoms. The number of carbonyl (C=O) groups is 2. The van der Waals surface area contributed by atoms with Gasteiger partial charge in [-0.15, -0.1) is 11.3 Å². The molecule has 0 spiro atoms. The number of hydrogen-bond acceptors (Lipinski definition) is 4. The third-order valence-electron chi connectivity index (χ3n) is 4.91. The molecule has 2 amide bonds. The fraction of sp³-hybridized carbons (Fsp3) is 0.429. The van der Waals surface area contributed by atoms with Gasteiger partial charge in [0.05, 0.1) is 12.2 Å². The van der Waals surface area contributed by atoms with E-state index in [1.54, 1.807) is 0 Å². The number of amides is 2. The molecule has 1 atom stereocenters. The van der Waals surface area contributed by atoms with E-state index in [2.05, 4.69) is 12.2 Å². The Hall–Kier alpha value is -2.34. The molecule has 1 aromatic carbocycles. The zero-order valence-corrected chi connectivity index (χ0v) is 16.7. The minimum Gasteiger partial charge on any atom is -0.493 e. The van der Waals surface area contributed by atoms with Crippen molar-refractivity contribution in [3.63, 3.8) is 0 Å². The second-order valence-electron chi connectivity index (χ2n) is 7.19. The highest BCUT2D eigenvalue weighted by Gasteiger charge is 2.27. The number of thiophene rings is 1. The van der Waals surface area contributed by atoms with Crippen LogP contribution in [-0.2, 0) is 17.6 Å². The number of primary amides is 1. The summed E-state index contributed by atoms with van der Waals surface area (Å²) in [7, 11) is 0. The highest BCUT2D eigenvalue weighted by Crippen LogP contribution is 2.39. The van der Waals surface area contributed by atoms with Crippen LogP contribution >= 0.6 is 11.3 Å². The number of fused-ring (bicyclic) bond motifs is 1. The number of rotatable bonds is 7. The van der Waals surface area contributed by atoms with E-state index in [9.17, 15) is 9.59 Å². The third-order valence-corrected chi connectivity index (χ3v) is 6.08. The Balaban J connectivity index is 1.56. The summed E-state index contributed by atoms with van der Waals surface area (Å²) in [5.41, 5.74) is 8.20. The SMILES string of the molecule is Cc1ccccc1OCCCC(=O)Nc1sc2c(c1C(N)=O)CC[C@H](C)C2. The van der Waals surface area contributed by atoms with E-state index in [0.29, 0.717) is 35.9 Å². The molecular weight excluding hydrogens is 360 g/mol. The van der Waals surface area contributed by atoms with Crippen molar-refractivity contribution in [2.45, 2.75) is 46.0 Å². The smallest absolute Gasteiger partial charge is 0.251 e. The summed E-state index contributed by atoms with van der Waals surface area (Å²) in [5.74, 6) is 0.866. The van der Waals surface area contributed by atoms with Crippen molar-refractivity contribution in [1.82, 2.24) is 0 Å². The molecule has 5 nitrogen and oxygen atoms in total. The lowest BCUT2D eigenvalue weighted by atomic mass is 9.88. The van der Waals surface area contributed by atoms with Crippen LogP contribution in [0.2, 0.25) is 0 Å². The van der Waals surface area contributed by atoms with Crippen molar-refractivity contribution in [3.05, 3.63) is 45.8 Å². The topological polar surface area (TPSA) is 81.4 Å². The molecule has 0 saturated heterocycles. The Kier molecular flexibility index (Phi) is 6.16. The first kappa shape index (κ1) is 19.4. The molecule has 1 aliphatic carbocycles. The highest BCUT2D eigenvalue weighted by molar-refractivity contribution is 7.17. The summed E-state index contributed by atoms with van der Waals surface area (Å²) in [4.78, 5) is 25.4. The molecule has 1 aliphatic rings. The Morgan fingerprint density at radius 2 is 2.11 bits per heavy atom. The van der Waals surface area contributed by atoms with Crippen LogP contribution in [-0.4, -0.2) is 18.4 Å². The molecule has 0 saturated carbocycles. The monoisotopic (exact) mass is 386 g/mol. The van der Waals surface area contributed by atoms with Gasteiger partial charge >= 0.3 is 0 Å². The summed E-state index contributed by atoms with van der Waals surface area (Å²) >= 11 is 1.50. The van der Waals surface area contributed by atoms with Crippen molar-refractivity contribution in [1.29, 1.82) is 0 Å². The molecule has 3 N–H and O–H groups in total. The van der Waals surface area contributed by atoms with E-state index in [1.807, 2.05) is 31.2 Å². The van der Waals surface area contributed by atoms with Gasteiger partial charge in [0.1, 0.15) is 10.8 Å². The van der Waals surface area contributed by atoms with Gasteiger partial charge in [-0.25, -0.2) is 0 Å². The third kappa shape index (κ3) is 4.69. The van der Waals surface area contributed by atoms with Gasteiger partial charge in [-0.3, -0.25) is 9.59 Å². The van der Waals surface area contributed by atoms with E-state index in [0.717, 1.165) is 36.1 Å². The standard InChI is InChI=1S/C21H26N2O3S/c1-13-9-10-15-17(12-13)27-21(19(15)20(22)25)23-18(24)8-5-11-26-16-7-4-3-6-14(16)2/h3-4,6-7,13H,5,8-12H2,1-2H3,(H2,22,25)(H,23,24)/t13-/m0/s1. The lowest BCUT2D eigenvalue weighted by Crippen LogP contribution is -2.19. The molecule has 0 radical (unpaired) electrons. The van der Waals surface area contributed by atoms with Gasteiger partial charge in [0.2, 0.25) is 5.91 Å². The number of aryl methyl sites for hydroxylation is 1. The van der Waals surface area contributed by atoms with Crippen LogP contribution in [0.5, 0.6) is 5.75 Å². The fourth-order valence-corrected chi connectivity index (χ4v) is 4.85. The van der Waals surface area contributed by atoms with Crippen molar-refractivity contribution in [2.24, 2.45) is 11.7 Å². The average Bonchev–Trinajstić information content (AvgIpc) is 2.97. The number of ether oxygens (including phenoxy) is 1. The number of anilines is 1. The molecule has 3 rings (SSSR count). The lowest BCUT2D eigenvalue weighted by Gasteiger charge is -2.18. The van der Waals surface area contributed by atoms with Gasteiger partial charge < -0.3 is 15.8 Å². The first-order valence-corrected chi connectivity index (χ1v) is 10.2. The lowest BCUT2D eigenvalue weighted by molar-refractivity contribution is -0.116. The molecule has 0 fully saturated rings. The Morgan fingerprint density at radius 1 is 1.33 bits per heavy atom. The summed E-state index contributed by atoms with van der Waals surface area (Å²) in [6.07, 6.45) is 3.79. The predicted octanol–water partition coefficient (Wildman–Crippen LogP) is 4.08. The van der Waals surface area contributed by atoms with Crippen molar-refractivity contribution >= 4 is 28.2 Å². The molecule has 2 aromatic rings. The Labute approximate surface area is 163 Å². The largest absolute Gasteiger partial charge is 0.493 e. The van der Waals surface area contributed by atoms with E-state index in [-0.39, 0.29) is 5.91 Å². The summed E-state index contributed by atoms with van der Waals surface area (Å²) in [6.45, 7) is 4.67. The molecule has 144 valence electrons. The van der Waals surface area contributed by atoms with Gasteiger partial charge in [0.25, 0.3) is 5.91 Å². The molecule has 0 aliphatic heterocycles.